The van der Waals surface area contributed by atoms with E-state index in [1.165, 1.54) is 10.4 Å². The van der Waals surface area contributed by atoms with Crippen LogP contribution in [0.15, 0.2) is 40.5 Å². The van der Waals surface area contributed by atoms with Crippen LogP contribution in [0.25, 0.3) is 10.9 Å². The van der Waals surface area contributed by atoms with Crippen molar-refractivity contribution in [2.24, 2.45) is 0 Å². The van der Waals surface area contributed by atoms with Gasteiger partial charge in [-0.15, -0.1) is 11.3 Å². The van der Waals surface area contributed by atoms with E-state index in [0.717, 1.165) is 41.4 Å². The van der Waals surface area contributed by atoms with Gasteiger partial charge < -0.3 is 15.2 Å². The van der Waals surface area contributed by atoms with Gasteiger partial charge in [-0.2, -0.15) is 0 Å². The number of aryl methyl sites for hydroxylation is 2. The van der Waals surface area contributed by atoms with Gasteiger partial charge in [0.1, 0.15) is 0 Å². The Labute approximate surface area is 175 Å². The van der Waals surface area contributed by atoms with Crippen molar-refractivity contribution in [3.63, 3.8) is 0 Å². The van der Waals surface area contributed by atoms with E-state index in [0.29, 0.717) is 18.2 Å². The molecule has 2 N–H and O–H groups in total. The highest BCUT2D eigenvalue weighted by Gasteiger charge is 2.15. The molecule has 0 aliphatic carbocycles. The number of H-pyrrole nitrogens is 1. The fourth-order valence-electron chi connectivity index (χ4n) is 3.31. The van der Waals surface area contributed by atoms with Crippen LogP contribution in [0.3, 0.4) is 0 Å². The Bertz CT molecular complexity index is 1010. The van der Waals surface area contributed by atoms with E-state index in [1.807, 2.05) is 25.1 Å². The Hall–Kier alpha value is -2.18. The quantitative estimate of drug-likeness (QED) is 0.428. The largest absolute Gasteiger partial charge is 0.363 e. The van der Waals surface area contributed by atoms with E-state index in [1.54, 1.807) is 11.3 Å². The van der Waals surface area contributed by atoms with Crippen LogP contribution in [0.1, 0.15) is 41.3 Å². The summed E-state index contributed by atoms with van der Waals surface area (Å²) in [6, 6.07) is 10.3. The van der Waals surface area contributed by atoms with Crippen LogP contribution in [-0.4, -0.2) is 21.5 Å². The first kappa shape index (κ1) is 20.6. The molecule has 0 fully saturated rings. The predicted molar refractivity (Wildman–Crippen MR) is 123 cm³/mol. The predicted octanol–water partition coefficient (Wildman–Crippen LogP) is 4.88. The van der Waals surface area contributed by atoms with E-state index in [2.05, 4.69) is 46.6 Å². The van der Waals surface area contributed by atoms with Gasteiger partial charge in [-0.25, -0.2) is 0 Å². The summed E-state index contributed by atoms with van der Waals surface area (Å²) in [7, 11) is 0. The van der Waals surface area contributed by atoms with Crippen molar-refractivity contribution in [3.05, 3.63) is 67.6 Å². The molecule has 2 heterocycles. The average molecular weight is 414 g/mol. The fourth-order valence-corrected chi connectivity index (χ4v) is 4.26. The summed E-state index contributed by atoms with van der Waals surface area (Å²) < 4.78 is 0. The molecule has 0 spiro atoms. The molecular formula is C22H27N3OS2. The highest BCUT2D eigenvalue weighted by atomic mass is 32.1. The Kier molecular flexibility index (Phi) is 6.86. The number of nitrogens with zero attached hydrogens (tertiary/aromatic N) is 1. The van der Waals surface area contributed by atoms with Gasteiger partial charge in [0, 0.05) is 27.9 Å². The minimum absolute atomic E-state index is 0.0509. The fraction of sp³-hybridized carbons (Fsp3) is 0.364. The Morgan fingerprint density at radius 1 is 1.25 bits per heavy atom. The number of thiocarbonyl (C=S) groups is 1. The number of hydrogen-bond donors (Lipinski definition) is 2. The zero-order valence-electron chi connectivity index (χ0n) is 16.7. The van der Waals surface area contributed by atoms with Gasteiger partial charge in [-0.3, -0.25) is 4.79 Å². The lowest BCUT2D eigenvalue weighted by Crippen LogP contribution is -2.40. The normalized spacial score (nSPS) is 11.0. The SMILES string of the molecule is CCCCNC(=S)N(Cc1cccs1)Cc1cc2c(C)cc(C)cc2[nH]c1=O. The number of fused-ring (bicyclic) bond motifs is 1. The number of rotatable bonds is 7. The number of unbranched alkanes of at least 4 members (excludes halogenated alkanes) is 1. The molecular weight excluding hydrogens is 386 g/mol. The molecule has 0 aliphatic heterocycles. The summed E-state index contributed by atoms with van der Waals surface area (Å²) in [5.74, 6) is 0. The summed E-state index contributed by atoms with van der Waals surface area (Å²) in [5.41, 5.74) is 3.88. The molecule has 148 valence electrons. The number of nitrogens with one attached hydrogen (secondary N) is 2. The topological polar surface area (TPSA) is 48.1 Å². The highest BCUT2D eigenvalue weighted by Crippen LogP contribution is 2.20. The number of benzene rings is 1. The lowest BCUT2D eigenvalue weighted by molar-refractivity contribution is 0.400. The molecule has 6 heteroatoms. The van der Waals surface area contributed by atoms with Crippen LogP contribution in [0.2, 0.25) is 0 Å². The molecule has 2 aromatic heterocycles. The van der Waals surface area contributed by atoms with Crippen molar-refractivity contribution in [2.75, 3.05) is 6.54 Å². The van der Waals surface area contributed by atoms with Crippen LogP contribution >= 0.6 is 23.6 Å². The molecule has 0 bridgehead atoms. The second-order valence-corrected chi connectivity index (χ2v) is 8.61. The van der Waals surface area contributed by atoms with E-state index in [4.69, 9.17) is 12.2 Å². The zero-order valence-corrected chi connectivity index (χ0v) is 18.3. The number of thiophene rings is 1. The van der Waals surface area contributed by atoms with Crippen molar-refractivity contribution in [1.82, 2.24) is 15.2 Å². The van der Waals surface area contributed by atoms with Crippen LogP contribution in [-0.2, 0) is 13.1 Å². The monoisotopic (exact) mass is 413 g/mol. The van der Waals surface area contributed by atoms with Gasteiger partial charge in [0.25, 0.3) is 5.56 Å². The summed E-state index contributed by atoms with van der Waals surface area (Å²) in [6.07, 6.45) is 2.19. The molecule has 3 aromatic rings. The second-order valence-electron chi connectivity index (χ2n) is 7.19. The van der Waals surface area contributed by atoms with Crippen molar-refractivity contribution < 1.29 is 0 Å². The van der Waals surface area contributed by atoms with Gasteiger partial charge >= 0.3 is 0 Å². The van der Waals surface area contributed by atoms with Crippen molar-refractivity contribution in [3.8, 4) is 0 Å². The molecule has 1 aromatic carbocycles. The zero-order chi connectivity index (χ0) is 20.1. The summed E-state index contributed by atoms with van der Waals surface area (Å²) >= 11 is 7.35. The molecule has 0 amide bonds. The van der Waals surface area contributed by atoms with Crippen LogP contribution in [0.4, 0.5) is 0 Å². The smallest absolute Gasteiger partial charge is 0.253 e. The minimum atomic E-state index is -0.0509. The van der Waals surface area contributed by atoms with Crippen LogP contribution < -0.4 is 10.9 Å². The van der Waals surface area contributed by atoms with Crippen LogP contribution in [0, 0.1) is 13.8 Å². The summed E-state index contributed by atoms with van der Waals surface area (Å²) in [4.78, 5) is 19.1. The standard InChI is InChI=1S/C22H27N3OS2/c1-4-5-8-23-22(27)25(14-18-7-6-9-28-18)13-17-12-19-16(3)10-15(2)11-20(19)24-21(17)26/h6-7,9-12H,4-5,8,13-14H2,1-3H3,(H,23,27)(H,24,26). The third-order valence-corrected chi connectivity index (χ3v) is 6.04. The molecule has 0 radical (unpaired) electrons. The molecule has 0 unspecified atom stereocenters. The van der Waals surface area contributed by atoms with Gasteiger partial charge in [0.05, 0.1) is 13.1 Å². The van der Waals surface area contributed by atoms with Gasteiger partial charge in [-0.1, -0.05) is 25.5 Å². The molecule has 0 atom stereocenters. The molecule has 3 rings (SSSR count). The maximum Gasteiger partial charge on any atom is 0.253 e. The maximum atomic E-state index is 12.7. The maximum absolute atomic E-state index is 12.7. The highest BCUT2D eigenvalue weighted by molar-refractivity contribution is 7.80. The Balaban J connectivity index is 1.89. The van der Waals surface area contributed by atoms with Gasteiger partial charge in [-0.05, 0) is 67.2 Å². The summed E-state index contributed by atoms with van der Waals surface area (Å²) in [6.45, 7) is 8.31. The molecule has 0 saturated carbocycles. The van der Waals surface area contributed by atoms with E-state index in [-0.39, 0.29) is 5.56 Å². The van der Waals surface area contributed by atoms with E-state index < -0.39 is 0 Å². The molecule has 28 heavy (non-hydrogen) atoms. The number of pyridine rings is 1. The molecule has 4 nitrogen and oxygen atoms in total. The lowest BCUT2D eigenvalue weighted by atomic mass is 10.0. The molecule has 0 aliphatic rings. The van der Waals surface area contributed by atoms with E-state index in [9.17, 15) is 4.79 Å². The van der Waals surface area contributed by atoms with Gasteiger partial charge in [0.2, 0.25) is 0 Å². The van der Waals surface area contributed by atoms with E-state index >= 15 is 0 Å². The first-order valence-electron chi connectivity index (χ1n) is 9.66. The Morgan fingerprint density at radius 3 is 2.79 bits per heavy atom. The Morgan fingerprint density at radius 2 is 2.07 bits per heavy atom. The van der Waals surface area contributed by atoms with Crippen molar-refractivity contribution >= 4 is 39.6 Å². The average Bonchev–Trinajstić information content (AvgIpc) is 3.15. The number of aromatic amines is 1. The third kappa shape index (κ3) is 5.00. The van der Waals surface area contributed by atoms with Gasteiger partial charge in [0.15, 0.2) is 5.11 Å². The first-order chi connectivity index (χ1) is 13.5. The molecule has 0 saturated heterocycles. The van der Waals surface area contributed by atoms with Crippen molar-refractivity contribution in [1.29, 1.82) is 0 Å². The second kappa shape index (κ2) is 9.34. The number of hydrogen-bond acceptors (Lipinski definition) is 3. The minimum Gasteiger partial charge on any atom is -0.363 e. The third-order valence-electron chi connectivity index (χ3n) is 4.77. The lowest BCUT2D eigenvalue weighted by Gasteiger charge is -2.25. The number of aromatic nitrogens is 1. The van der Waals surface area contributed by atoms with Crippen LogP contribution in [0.5, 0.6) is 0 Å². The van der Waals surface area contributed by atoms with Crippen molar-refractivity contribution in [2.45, 2.75) is 46.7 Å². The first-order valence-corrected chi connectivity index (χ1v) is 10.9. The summed E-state index contributed by atoms with van der Waals surface area (Å²) in [5, 5.41) is 7.19.